The Morgan fingerprint density at radius 3 is 2.28 bits per heavy atom. The van der Waals surface area contributed by atoms with E-state index in [4.69, 9.17) is 11.6 Å². The third-order valence-electron chi connectivity index (χ3n) is 4.01. The van der Waals surface area contributed by atoms with Crippen LogP contribution >= 0.6 is 27.5 Å². The summed E-state index contributed by atoms with van der Waals surface area (Å²) < 4.78 is 38.5. The number of pyridine rings is 1. The first kappa shape index (κ1) is 18.1. The van der Waals surface area contributed by atoms with Gasteiger partial charge in [-0.05, 0) is 34.1 Å². The maximum Gasteiger partial charge on any atom is 0.417 e. The van der Waals surface area contributed by atoms with Gasteiger partial charge in [0, 0.05) is 38.4 Å². The molecule has 4 nitrogen and oxygen atoms in total. The Labute approximate surface area is 156 Å². The molecule has 1 fully saturated rings. The van der Waals surface area contributed by atoms with Crippen molar-refractivity contribution in [3.63, 3.8) is 0 Å². The zero-order chi connectivity index (χ0) is 18.2. The number of hydrogen-bond acceptors (Lipinski definition) is 4. The van der Waals surface area contributed by atoms with Crippen LogP contribution in [0.4, 0.5) is 24.7 Å². The monoisotopic (exact) mass is 435 g/mol. The minimum absolute atomic E-state index is 0.0787. The number of benzene rings is 1. The van der Waals surface area contributed by atoms with Crippen molar-refractivity contribution in [1.29, 1.82) is 0 Å². The summed E-state index contributed by atoms with van der Waals surface area (Å²) in [5.74, 6) is 0.593. The average molecular weight is 437 g/mol. The number of rotatable bonds is 2. The van der Waals surface area contributed by atoms with Crippen molar-refractivity contribution in [3.05, 3.63) is 45.5 Å². The van der Waals surface area contributed by atoms with Gasteiger partial charge in [-0.15, -0.1) is 0 Å². The minimum Gasteiger partial charge on any atom is -0.508 e. The van der Waals surface area contributed by atoms with Crippen LogP contribution in [0.1, 0.15) is 5.56 Å². The van der Waals surface area contributed by atoms with Gasteiger partial charge in [-0.3, -0.25) is 0 Å². The maximum atomic E-state index is 12.6. The second kappa shape index (κ2) is 6.92. The van der Waals surface area contributed by atoms with E-state index in [1.807, 2.05) is 4.90 Å². The Bertz CT molecular complexity index is 762. The molecule has 0 aliphatic carbocycles. The molecule has 0 atom stereocenters. The van der Waals surface area contributed by atoms with Crippen molar-refractivity contribution in [2.75, 3.05) is 36.0 Å². The van der Waals surface area contributed by atoms with Gasteiger partial charge < -0.3 is 14.9 Å². The first-order valence-corrected chi connectivity index (χ1v) is 8.64. The number of halogens is 5. The Kier molecular flexibility index (Phi) is 5.02. The molecule has 1 aliphatic rings. The normalized spacial score (nSPS) is 15.6. The van der Waals surface area contributed by atoms with Gasteiger partial charge in [-0.1, -0.05) is 11.6 Å². The lowest BCUT2D eigenvalue weighted by atomic mass is 10.2. The highest BCUT2D eigenvalue weighted by molar-refractivity contribution is 9.10. The Morgan fingerprint density at radius 2 is 1.72 bits per heavy atom. The van der Waals surface area contributed by atoms with E-state index < -0.39 is 11.7 Å². The summed E-state index contributed by atoms with van der Waals surface area (Å²) in [6.07, 6.45) is -3.53. The summed E-state index contributed by atoms with van der Waals surface area (Å²) in [7, 11) is 0. The van der Waals surface area contributed by atoms with E-state index >= 15 is 0 Å². The largest absolute Gasteiger partial charge is 0.508 e. The number of anilines is 2. The van der Waals surface area contributed by atoms with Crippen LogP contribution in [0.25, 0.3) is 0 Å². The summed E-state index contributed by atoms with van der Waals surface area (Å²) in [6.45, 7) is 2.44. The average Bonchev–Trinajstić information content (AvgIpc) is 2.58. The van der Waals surface area contributed by atoms with E-state index in [0.29, 0.717) is 41.5 Å². The van der Waals surface area contributed by atoms with Crippen LogP contribution < -0.4 is 9.80 Å². The Balaban J connectivity index is 1.70. The van der Waals surface area contributed by atoms with Gasteiger partial charge in [0.1, 0.15) is 11.6 Å². The molecule has 134 valence electrons. The molecule has 1 aromatic carbocycles. The smallest absolute Gasteiger partial charge is 0.417 e. The van der Waals surface area contributed by atoms with Gasteiger partial charge in [0.25, 0.3) is 0 Å². The van der Waals surface area contributed by atoms with Gasteiger partial charge in [0.05, 0.1) is 20.7 Å². The van der Waals surface area contributed by atoms with Crippen molar-refractivity contribution < 1.29 is 18.3 Å². The summed E-state index contributed by atoms with van der Waals surface area (Å²) in [5, 5.41) is 10.1. The van der Waals surface area contributed by atoms with Gasteiger partial charge in [0.2, 0.25) is 0 Å². The molecule has 2 heterocycles. The maximum absolute atomic E-state index is 12.6. The fraction of sp³-hybridized carbons (Fsp3) is 0.312. The van der Waals surface area contributed by atoms with Crippen molar-refractivity contribution in [1.82, 2.24) is 4.98 Å². The first-order chi connectivity index (χ1) is 11.8. The van der Waals surface area contributed by atoms with Crippen molar-refractivity contribution >= 4 is 39.0 Å². The molecular formula is C16H14BrClF3N3O. The predicted molar refractivity (Wildman–Crippen MR) is 94.5 cm³/mol. The lowest BCUT2D eigenvalue weighted by molar-refractivity contribution is -0.137. The highest BCUT2D eigenvalue weighted by atomic mass is 79.9. The SMILES string of the molecule is Oc1cc(Cl)c(Br)c(N2CCN(c3ccc(C(F)(F)F)cn3)CC2)c1. The molecule has 0 amide bonds. The van der Waals surface area contributed by atoms with E-state index in [2.05, 4.69) is 25.8 Å². The highest BCUT2D eigenvalue weighted by Gasteiger charge is 2.31. The predicted octanol–water partition coefficient (Wildman–Crippen LogP) is 4.55. The fourth-order valence-electron chi connectivity index (χ4n) is 2.71. The van der Waals surface area contributed by atoms with Crippen LogP contribution in [-0.2, 0) is 6.18 Å². The topological polar surface area (TPSA) is 39.6 Å². The quantitative estimate of drug-likeness (QED) is 0.750. The third kappa shape index (κ3) is 3.95. The summed E-state index contributed by atoms with van der Waals surface area (Å²) in [4.78, 5) is 7.91. The number of nitrogens with zero attached hydrogens (tertiary/aromatic N) is 3. The molecule has 0 spiro atoms. The highest BCUT2D eigenvalue weighted by Crippen LogP contribution is 2.37. The number of aromatic hydroxyl groups is 1. The third-order valence-corrected chi connectivity index (χ3v) is 5.37. The molecule has 2 aromatic rings. The van der Waals surface area contributed by atoms with Crippen LogP contribution in [0.3, 0.4) is 0 Å². The Morgan fingerprint density at radius 1 is 1.08 bits per heavy atom. The summed E-state index contributed by atoms with van der Waals surface area (Å²) in [6, 6.07) is 5.51. The van der Waals surface area contributed by atoms with Crippen molar-refractivity contribution in [2.45, 2.75) is 6.18 Å². The van der Waals surface area contributed by atoms with Gasteiger partial charge in [0.15, 0.2) is 0 Å². The fourth-order valence-corrected chi connectivity index (χ4v) is 3.40. The molecule has 0 radical (unpaired) electrons. The van der Waals surface area contributed by atoms with Crippen LogP contribution in [-0.4, -0.2) is 36.3 Å². The summed E-state index contributed by atoms with van der Waals surface area (Å²) in [5.41, 5.74) is 0.0262. The molecule has 9 heteroatoms. The standard InChI is InChI=1S/C16H14BrClF3N3O/c17-15-12(18)7-11(25)8-13(15)23-3-5-24(6-4-23)14-2-1-10(9-22-14)16(19,20)21/h1-2,7-9,25H,3-6H2. The first-order valence-electron chi connectivity index (χ1n) is 7.47. The van der Waals surface area contributed by atoms with Crippen LogP contribution in [0.5, 0.6) is 5.75 Å². The molecule has 0 saturated carbocycles. The molecule has 1 aromatic heterocycles. The second-order valence-corrected chi connectivity index (χ2v) is 6.84. The lowest BCUT2D eigenvalue weighted by Crippen LogP contribution is -2.47. The zero-order valence-corrected chi connectivity index (χ0v) is 15.2. The van der Waals surface area contributed by atoms with Gasteiger partial charge in [-0.25, -0.2) is 4.98 Å². The van der Waals surface area contributed by atoms with E-state index in [9.17, 15) is 18.3 Å². The molecule has 0 bridgehead atoms. The minimum atomic E-state index is -4.38. The summed E-state index contributed by atoms with van der Waals surface area (Å²) >= 11 is 9.49. The molecule has 3 rings (SSSR count). The van der Waals surface area contributed by atoms with Crippen molar-refractivity contribution in [3.8, 4) is 5.75 Å². The van der Waals surface area contributed by atoms with E-state index in [1.54, 1.807) is 6.07 Å². The lowest BCUT2D eigenvalue weighted by Gasteiger charge is -2.37. The van der Waals surface area contributed by atoms with E-state index in [0.717, 1.165) is 18.0 Å². The number of alkyl halides is 3. The van der Waals surface area contributed by atoms with Gasteiger partial charge in [-0.2, -0.15) is 13.2 Å². The zero-order valence-electron chi connectivity index (χ0n) is 12.9. The molecular weight excluding hydrogens is 423 g/mol. The second-order valence-electron chi connectivity index (χ2n) is 5.64. The number of aromatic nitrogens is 1. The Hall–Kier alpha value is -1.67. The molecule has 1 aliphatic heterocycles. The number of piperazine rings is 1. The molecule has 25 heavy (non-hydrogen) atoms. The van der Waals surface area contributed by atoms with E-state index in [-0.39, 0.29) is 5.75 Å². The number of phenolic OH excluding ortho intramolecular Hbond substituents is 1. The van der Waals surface area contributed by atoms with E-state index in [1.165, 1.54) is 12.1 Å². The molecule has 1 saturated heterocycles. The van der Waals surface area contributed by atoms with Crippen LogP contribution in [0.2, 0.25) is 5.02 Å². The van der Waals surface area contributed by atoms with Gasteiger partial charge >= 0.3 is 6.18 Å². The molecule has 1 N–H and O–H groups in total. The van der Waals surface area contributed by atoms with Crippen molar-refractivity contribution in [2.24, 2.45) is 0 Å². The molecule has 0 unspecified atom stereocenters. The number of hydrogen-bond donors (Lipinski definition) is 1. The van der Waals surface area contributed by atoms with Crippen LogP contribution in [0, 0.1) is 0 Å². The number of phenols is 1. The van der Waals surface area contributed by atoms with Crippen LogP contribution in [0.15, 0.2) is 34.9 Å².